The zero-order valence-electron chi connectivity index (χ0n) is 13.0. The van der Waals surface area contributed by atoms with Crippen LogP contribution < -0.4 is 10.1 Å². The molecule has 0 bridgehead atoms. The molecule has 0 atom stereocenters. The number of non-ortho nitro benzene ring substituents is 1. The molecule has 0 unspecified atom stereocenters. The molecule has 1 amide bonds. The number of ether oxygens (including phenoxy) is 1. The standard InChI is InChI=1S/C16H21N3O4/c20-15(11-23-14-3-1-13(2-4-14)19(21)22)18-9-6-16(7-10-18)5-8-17-12-16/h1-4,17H,5-12H2. The highest BCUT2D eigenvalue weighted by Crippen LogP contribution is 2.36. The SMILES string of the molecule is O=C(COc1ccc([N+](=O)[O-])cc1)N1CCC2(CCNC2)CC1. The Labute approximate surface area is 134 Å². The average molecular weight is 319 g/mol. The van der Waals surface area contributed by atoms with Crippen molar-refractivity contribution in [3.05, 3.63) is 34.4 Å². The lowest BCUT2D eigenvalue weighted by molar-refractivity contribution is -0.384. The fraction of sp³-hybridized carbons (Fsp3) is 0.562. The van der Waals surface area contributed by atoms with E-state index in [1.165, 1.54) is 30.7 Å². The molecule has 2 saturated heterocycles. The van der Waals surface area contributed by atoms with Crippen LogP contribution in [0.3, 0.4) is 0 Å². The quantitative estimate of drug-likeness (QED) is 0.673. The van der Waals surface area contributed by atoms with E-state index in [2.05, 4.69) is 5.32 Å². The summed E-state index contributed by atoms with van der Waals surface area (Å²) in [5.74, 6) is 0.446. The third-order valence-electron chi connectivity index (χ3n) is 4.92. The third-order valence-corrected chi connectivity index (χ3v) is 4.92. The van der Waals surface area contributed by atoms with Gasteiger partial charge in [-0.05, 0) is 43.4 Å². The van der Waals surface area contributed by atoms with E-state index in [1.54, 1.807) is 0 Å². The lowest BCUT2D eigenvalue weighted by atomic mass is 9.78. The molecule has 3 rings (SSSR count). The maximum absolute atomic E-state index is 12.2. The summed E-state index contributed by atoms with van der Waals surface area (Å²) in [7, 11) is 0. The van der Waals surface area contributed by atoms with Crippen LogP contribution in [0.5, 0.6) is 5.75 Å². The molecule has 1 aromatic rings. The first-order valence-corrected chi connectivity index (χ1v) is 7.94. The van der Waals surface area contributed by atoms with Crippen LogP contribution in [0.25, 0.3) is 0 Å². The Kier molecular flexibility index (Phi) is 4.47. The molecule has 0 saturated carbocycles. The molecular weight excluding hydrogens is 298 g/mol. The molecule has 23 heavy (non-hydrogen) atoms. The Bertz CT molecular complexity index is 571. The van der Waals surface area contributed by atoms with Gasteiger partial charge >= 0.3 is 0 Å². The summed E-state index contributed by atoms with van der Waals surface area (Å²) in [5.41, 5.74) is 0.394. The lowest BCUT2D eigenvalue weighted by Gasteiger charge is -2.38. The predicted molar refractivity (Wildman–Crippen MR) is 84.3 cm³/mol. The summed E-state index contributed by atoms with van der Waals surface area (Å²) in [5, 5.41) is 14.0. The molecule has 7 nitrogen and oxygen atoms in total. The summed E-state index contributed by atoms with van der Waals surface area (Å²) in [6.07, 6.45) is 3.29. The first kappa shape index (κ1) is 15.7. The molecular formula is C16H21N3O4. The third kappa shape index (κ3) is 3.61. The Morgan fingerprint density at radius 2 is 1.96 bits per heavy atom. The van der Waals surface area contributed by atoms with Gasteiger partial charge in [-0.3, -0.25) is 14.9 Å². The molecule has 124 valence electrons. The van der Waals surface area contributed by atoms with Gasteiger partial charge in [0.15, 0.2) is 6.61 Å². The predicted octanol–water partition coefficient (Wildman–Crippen LogP) is 1.58. The topological polar surface area (TPSA) is 84.7 Å². The van der Waals surface area contributed by atoms with Crippen molar-refractivity contribution < 1.29 is 14.5 Å². The van der Waals surface area contributed by atoms with Crippen LogP contribution in [0.4, 0.5) is 5.69 Å². The van der Waals surface area contributed by atoms with E-state index in [0.29, 0.717) is 11.2 Å². The van der Waals surface area contributed by atoms with Crippen molar-refractivity contribution in [2.24, 2.45) is 5.41 Å². The largest absolute Gasteiger partial charge is 0.484 e. The minimum Gasteiger partial charge on any atom is -0.484 e. The first-order chi connectivity index (χ1) is 11.1. The minimum atomic E-state index is -0.462. The lowest BCUT2D eigenvalue weighted by Crippen LogP contribution is -2.45. The van der Waals surface area contributed by atoms with E-state index in [9.17, 15) is 14.9 Å². The van der Waals surface area contributed by atoms with Crippen LogP contribution in [0.15, 0.2) is 24.3 Å². The van der Waals surface area contributed by atoms with Gasteiger partial charge in [0.1, 0.15) is 5.75 Å². The number of hydrogen-bond acceptors (Lipinski definition) is 5. The van der Waals surface area contributed by atoms with Gasteiger partial charge in [0.25, 0.3) is 11.6 Å². The van der Waals surface area contributed by atoms with Crippen LogP contribution in [0, 0.1) is 15.5 Å². The Morgan fingerprint density at radius 3 is 2.52 bits per heavy atom. The number of carbonyl (C=O) groups excluding carboxylic acids is 1. The molecule has 0 aliphatic carbocycles. The fourth-order valence-electron chi connectivity index (χ4n) is 3.35. The van der Waals surface area contributed by atoms with Crippen molar-refractivity contribution in [1.82, 2.24) is 10.2 Å². The molecule has 2 heterocycles. The van der Waals surface area contributed by atoms with Crippen molar-refractivity contribution in [2.45, 2.75) is 19.3 Å². The fourth-order valence-corrected chi connectivity index (χ4v) is 3.35. The van der Waals surface area contributed by atoms with E-state index >= 15 is 0 Å². The number of benzene rings is 1. The summed E-state index contributed by atoms with van der Waals surface area (Å²) in [4.78, 5) is 24.2. The molecule has 1 aromatic carbocycles. The summed E-state index contributed by atoms with van der Waals surface area (Å²) < 4.78 is 5.45. The molecule has 1 N–H and O–H groups in total. The number of nitro groups is 1. The first-order valence-electron chi connectivity index (χ1n) is 7.94. The maximum Gasteiger partial charge on any atom is 0.269 e. The van der Waals surface area contributed by atoms with E-state index in [1.807, 2.05) is 4.90 Å². The monoisotopic (exact) mass is 319 g/mol. The second-order valence-corrected chi connectivity index (χ2v) is 6.35. The van der Waals surface area contributed by atoms with Gasteiger partial charge in [-0.1, -0.05) is 0 Å². The van der Waals surface area contributed by atoms with Gasteiger partial charge in [-0.2, -0.15) is 0 Å². The van der Waals surface area contributed by atoms with E-state index in [4.69, 9.17) is 4.74 Å². The van der Waals surface area contributed by atoms with Crippen molar-refractivity contribution in [2.75, 3.05) is 32.8 Å². The molecule has 0 aromatic heterocycles. The van der Waals surface area contributed by atoms with Crippen molar-refractivity contribution in [3.8, 4) is 5.75 Å². The van der Waals surface area contributed by atoms with Gasteiger partial charge in [0.2, 0.25) is 0 Å². The minimum absolute atomic E-state index is 0.00942. The highest BCUT2D eigenvalue weighted by Gasteiger charge is 2.37. The molecule has 2 fully saturated rings. The number of nitrogens with one attached hydrogen (secondary N) is 1. The second kappa shape index (κ2) is 6.54. The number of hydrogen-bond donors (Lipinski definition) is 1. The van der Waals surface area contributed by atoms with Crippen LogP contribution in [0.1, 0.15) is 19.3 Å². The van der Waals surface area contributed by atoms with Crippen LogP contribution in [-0.2, 0) is 4.79 Å². The molecule has 2 aliphatic rings. The van der Waals surface area contributed by atoms with Gasteiger partial charge in [0, 0.05) is 31.8 Å². The highest BCUT2D eigenvalue weighted by molar-refractivity contribution is 5.77. The van der Waals surface area contributed by atoms with Crippen LogP contribution in [0.2, 0.25) is 0 Å². The van der Waals surface area contributed by atoms with E-state index < -0.39 is 4.92 Å². The van der Waals surface area contributed by atoms with Crippen LogP contribution in [-0.4, -0.2) is 48.5 Å². The number of rotatable bonds is 4. The average Bonchev–Trinajstić information content (AvgIpc) is 3.02. The Balaban J connectivity index is 1.47. The van der Waals surface area contributed by atoms with Gasteiger partial charge in [-0.25, -0.2) is 0 Å². The summed E-state index contributed by atoms with van der Waals surface area (Å²) >= 11 is 0. The number of piperidine rings is 1. The maximum atomic E-state index is 12.2. The zero-order chi connectivity index (χ0) is 16.3. The van der Waals surface area contributed by atoms with Gasteiger partial charge in [-0.15, -0.1) is 0 Å². The van der Waals surface area contributed by atoms with E-state index in [-0.39, 0.29) is 18.2 Å². The Hall–Kier alpha value is -2.15. The van der Waals surface area contributed by atoms with E-state index in [0.717, 1.165) is 39.0 Å². The van der Waals surface area contributed by atoms with Crippen molar-refractivity contribution in [3.63, 3.8) is 0 Å². The smallest absolute Gasteiger partial charge is 0.269 e. The van der Waals surface area contributed by atoms with Gasteiger partial charge < -0.3 is 15.0 Å². The summed E-state index contributed by atoms with van der Waals surface area (Å²) in [6.45, 7) is 3.68. The second-order valence-electron chi connectivity index (χ2n) is 6.35. The number of amides is 1. The molecule has 0 radical (unpaired) electrons. The Morgan fingerprint density at radius 1 is 1.26 bits per heavy atom. The zero-order valence-corrected chi connectivity index (χ0v) is 13.0. The number of nitrogens with zero attached hydrogens (tertiary/aromatic N) is 2. The molecule has 7 heteroatoms. The number of likely N-dealkylation sites (tertiary alicyclic amines) is 1. The summed E-state index contributed by atoms with van der Waals surface area (Å²) in [6, 6.07) is 5.77. The van der Waals surface area contributed by atoms with Crippen molar-refractivity contribution in [1.29, 1.82) is 0 Å². The van der Waals surface area contributed by atoms with Crippen LogP contribution >= 0.6 is 0 Å². The number of carbonyl (C=O) groups is 1. The highest BCUT2D eigenvalue weighted by atomic mass is 16.6. The van der Waals surface area contributed by atoms with Gasteiger partial charge in [0.05, 0.1) is 4.92 Å². The number of nitro benzene ring substituents is 1. The molecule has 1 spiro atoms. The normalized spacial score (nSPS) is 19.7. The van der Waals surface area contributed by atoms with Crippen molar-refractivity contribution >= 4 is 11.6 Å². The molecule has 2 aliphatic heterocycles.